The molecule has 2 N–H and O–H groups in total. The van der Waals surface area contributed by atoms with Crippen molar-refractivity contribution in [3.63, 3.8) is 0 Å². The molecule has 1 saturated heterocycles. The fourth-order valence-corrected chi connectivity index (χ4v) is 3.04. The highest BCUT2D eigenvalue weighted by molar-refractivity contribution is 7.13. The second-order valence-electron chi connectivity index (χ2n) is 4.94. The van der Waals surface area contributed by atoms with E-state index in [0.29, 0.717) is 24.6 Å². The third-order valence-corrected chi connectivity index (χ3v) is 4.38. The van der Waals surface area contributed by atoms with Crippen molar-refractivity contribution in [3.8, 4) is 0 Å². The third-order valence-electron chi connectivity index (χ3n) is 3.50. The van der Waals surface area contributed by atoms with Gasteiger partial charge in [0.25, 0.3) is 5.91 Å². The molecule has 112 valence electrons. The largest absolute Gasteiger partial charge is 0.338 e. The Morgan fingerprint density at radius 3 is 2.90 bits per heavy atom. The Labute approximate surface area is 127 Å². The fraction of sp³-hybridized carbons (Fsp3) is 0.583. The van der Waals surface area contributed by atoms with Gasteiger partial charge in [-0.3, -0.25) is 14.9 Å². The highest BCUT2D eigenvalue weighted by Gasteiger charge is 2.27. The van der Waals surface area contributed by atoms with Crippen molar-refractivity contribution >= 4 is 34.7 Å². The molecule has 0 aromatic carbocycles. The molecule has 20 heavy (non-hydrogen) atoms. The highest BCUT2D eigenvalue weighted by Crippen LogP contribution is 2.26. The zero-order valence-corrected chi connectivity index (χ0v) is 12.8. The van der Waals surface area contributed by atoms with E-state index in [4.69, 9.17) is 5.73 Å². The molecule has 0 bridgehead atoms. The van der Waals surface area contributed by atoms with Crippen LogP contribution in [-0.4, -0.2) is 34.9 Å². The van der Waals surface area contributed by atoms with Crippen LogP contribution in [0.5, 0.6) is 0 Å². The Hall–Kier alpha value is -1.18. The predicted octanol–water partition coefficient (Wildman–Crippen LogP) is 2.28. The van der Waals surface area contributed by atoms with E-state index in [0.717, 1.165) is 24.2 Å². The van der Waals surface area contributed by atoms with Crippen LogP contribution in [0.25, 0.3) is 0 Å². The van der Waals surface area contributed by atoms with Crippen molar-refractivity contribution in [2.24, 2.45) is 11.7 Å². The molecule has 2 atom stereocenters. The molecule has 1 aromatic heterocycles. The van der Waals surface area contributed by atoms with Crippen LogP contribution in [0, 0.1) is 16.0 Å². The van der Waals surface area contributed by atoms with E-state index in [1.165, 1.54) is 6.07 Å². The molecule has 1 aliphatic rings. The molecule has 1 amide bonds. The Morgan fingerprint density at radius 2 is 2.35 bits per heavy atom. The van der Waals surface area contributed by atoms with Crippen LogP contribution in [-0.2, 0) is 0 Å². The number of likely N-dealkylation sites (tertiary alicyclic amines) is 1. The molecule has 1 fully saturated rings. The first-order chi connectivity index (χ1) is 8.99. The smallest absolute Gasteiger partial charge is 0.324 e. The van der Waals surface area contributed by atoms with Gasteiger partial charge in [-0.15, -0.1) is 12.4 Å². The number of amides is 1. The summed E-state index contributed by atoms with van der Waals surface area (Å²) in [5, 5.41) is 12.2. The monoisotopic (exact) mass is 319 g/mol. The average molecular weight is 320 g/mol. The second kappa shape index (κ2) is 7.01. The molecule has 0 radical (unpaired) electrons. The van der Waals surface area contributed by atoms with E-state index in [9.17, 15) is 14.9 Å². The van der Waals surface area contributed by atoms with Gasteiger partial charge in [-0.05, 0) is 25.7 Å². The first-order valence-corrected chi connectivity index (χ1v) is 7.14. The molecule has 6 nitrogen and oxygen atoms in total. The topological polar surface area (TPSA) is 89.5 Å². The summed E-state index contributed by atoms with van der Waals surface area (Å²) in [5.41, 5.74) is 6.29. The minimum atomic E-state index is -0.470. The van der Waals surface area contributed by atoms with E-state index >= 15 is 0 Å². The number of nitrogens with two attached hydrogens (primary N) is 1. The number of hydrogen-bond acceptors (Lipinski definition) is 5. The molecule has 2 heterocycles. The lowest BCUT2D eigenvalue weighted by atomic mass is 9.92. The summed E-state index contributed by atoms with van der Waals surface area (Å²) in [7, 11) is 0. The van der Waals surface area contributed by atoms with E-state index < -0.39 is 4.92 Å². The van der Waals surface area contributed by atoms with Crippen molar-refractivity contribution < 1.29 is 9.72 Å². The number of hydrogen-bond donors (Lipinski definition) is 1. The van der Waals surface area contributed by atoms with Gasteiger partial charge in [0.05, 0.1) is 10.5 Å². The summed E-state index contributed by atoms with van der Waals surface area (Å²) >= 11 is 0.986. The zero-order chi connectivity index (χ0) is 14.0. The van der Waals surface area contributed by atoms with Crippen LogP contribution < -0.4 is 5.73 Å². The van der Waals surface area contributed by atoms with Gasteiger partial charge in [0, 0.05) is 30.6 Å². The summed E-state index contributed by atoms with van der Waals surface area (Å²) in [4.78, 5) is 24.2. The second-order valence-corrected chi connectivity index (χ2v) is 5.83. The van der Waals surface area contributed by atoms with E-state index in [2.05, 4.69) is 0 Å². The molecular formula is C12H18ClN3O3S. The minimum Gasteiger partial charge on any atom is -0.338 e. The van der Waals surface area contributed by atoms with Crippen molar-refractivity contribution in [1.82, 2.24) is 4.90 Å². The lowest BCUT2D eigenvalue weighted by Gasteiger charge is -2.34. The molecule has 0 spiro atoms. The number of thiophene rings is 1. The lowest BCUT2D eigenvalue weighted by molar-refractivity contribution is -0.380. The minimum absolute atomic E-state index is 0. The Balaban J connectivity index is 0.00000200. The van der Waals surface area contributed by atoms with Gasteiger partial charge in [-0.2, -0.15) is 0 Å². The van der Waals surface area contributed by atoms with Crippen molar-refractivity contribution in [1.29, 1.82) is 0 Å². The third kappa shape index (κ3) is 3.68. The molecule has 2 rings (SSSR count). The number of halogens is 1. The fourth-order valence-electron chi connectivity index (χ4n) is 2.34. The molecule has 1 aromatic rings. The summed E-state index contributed by atoms with van der Waals surface area (Å²) in [5.74, 6) is 0.182. The maximum atomic E-state index is 12.3. The molecule has 8 heteroatoms. The standard InChI is InChI=1S/C12H17N3O3S.ClH/c1-8(13)9-3-2-4-14(6-9)12(16)10-5-11(15(17)18)19-7-10;/h5,7-9H,2-4,6,13H2,1H3;1H. The Kier molecular flexibility index (Phi) is 5.91. The predicted molar refractivity (Wildman–Crippen MR) is 80.5 cm³/mol. The first kappa shape index (κ1) is 16.9. The van der Waals surface area contributed by atoms with E-state index in [1.54, 1.807) is 10.3 Å². The summed E-state index contributed by atoms with van der Waals surface area (Å²) in [6.45, 7) is 3.29. The lowest BCUT2D eigenvalue weighted by Crippen LogP contribution is -2.44. The summed E-state index contributed by atoms with van der Waals surface area (Å²) in [6, 6.07) is 1.41. The van der Waals surface area contributed by atoms with Crippen LogP contribution in [0.2, 0.25) is 0 Å². The number of carbonyl (C=O) groups excluding carboxylic acids is 1. The maximum absolute atomic E-state index is 12.3. The summed E-state index contributed by atoms with van der Waals surface area (Å²) < 4.78 is 0. The SMILES string of the molecule is CC(N)C1CCCN(C(=O)c2csc([N+](=O)[O-])c2)C1.Cl. The number of rotatable bonds is 3. The van der Waals surface area contributed by atoms with Crippen LogP contribution in [0.4, 0.5) is 5.00 Å². The first-order valence-electron chi connectivity index (χ1n) is 6.27. The number of piperidine rings is 1. The number of nitrogens with zero attached hydrogens (tertiary/aromatic N) is 2. The zero-order valence-electron chi connectivity index (χ0n) is 11.2. The normalized spacial score (nSPS) is 20.1. The van der Waals surface area contributed by atoms with Gasteiger partial charge in [0.15, 0.2) is 0 Å². The molecule has 2 unspecified atom stereocenters. The van der Waals surface area contributed by atoms with Crippen LogP contribution in [0.1, 0.15) is 30.1 Å². The number of carbonyl (C=O) groups is 1. The van der Waals surface area contributed by atoms with E-state index in [-0.39, 0.29) is 29.4 Å². The Bertz CT molecular complexity index is 492. The number of nitro groups is 1. The van der Waals surface area contributed by atoms with Crippen LogP contribution in [0.3, 0.4) is 0 Å². The highest BCUT2D eigenvalue weighted by atomic mass is 35.5. The molecular weight excluding hydrogens is 302 g/mol. The van der Waals surface area contributed by atoms with Gasteiger partial charge in [0.2, 0.25) is 0 Å². The quantitative estimate of drug-likeness (QED) is 0.683. The van der Waals surface area contributed by atoms with Crippen molar-refractivity contribution in [3.05, 3.63) is 27.1 Å². The maximum Gasteiger partial charge on any atom is 0.324 e. The van der Waals surface area contributed by atoms with E-state index in [1.807, 2.05) is 6.92 Å². The van der Waals surface area contributed by atoms with Crippen LogP contribution >= 0.6 is 23.7 Å². The summed E-state index contributed by atoms with van der Waals surface area (Å²) in [6.07, 6.45) is 1.97. The van der Waals surface area contributed by atoms with Gasteiger partial charge >= 0.3 is 5.00 Å². The molecule has 0 aliphatic carbocycles. The molecule has 1 aliphatic heterocycles. The average Bonchev–Trinajstić information content (AvgIpc) is 2.87. The van der Waals surface area contributed by atoms with Crippen molar-refractivity contribution in [2.45, 2.75) is 25.8 Å². The Morgan fingerprint density at radius 1 is 1.65 bits per heavy atom. The molecule has 0 saturated carbocycles. The van der Waals surface area contributed by atoms with Gasteiger partial charge in [-0.25, -0.2) is 0 Å². The van der Waals surface area contributed by atoms with Crippen LogP contribution in [0.15, 0.2) is 11.4 Å². The van der Waals surface area contributed by atoms with Crippen molar-refractivity contribution in [2.75, 3.05) is 13.1 Å². The van der Waals surface area contributed by atoms with Gasteiger partial charge in [0.1, 0.15) is 0 Å². The van der Waals surface area contributed by atoms with Gasteiger partial charge in [-0.1, -0.05) is 11.3 Å². The van der Waals surface area contributed by atoms with Gasteiger partial charge < -0.3 is 10.6 Å².